The van der Waals surface area contributed by atoms with Crippen LogP contribution in [0.25, 0.3) is 0 Å². The Hall–Kier alpha value is -2.90. The number of nitrogens with two attached hydrogens (primary N) is 1. The first kappa shape index (κ1) is 25.4. The smallest absolute Gasteiger partial charge is 0.408 e. The maximum absolute atomic E-state index is 12.7. The van der Waals surface area contributed by atoms with Crippen molar-refractivity contribution in [2.75, 3.05) is 6.61 Å². The molecule has 1 atom stereocenters. The van der Waals surface area contributed by atoms with Gasteiger partial charge in [0.2, 0.25) is 0 Å². The quantitative estimate of drug-likeness (QED) is 0.365. The van der Waals surface area contributed by atoms with E-state index < -0.39 is 23.6 Å². The number of carbonyl (C=O) groups is 2. The number of ether oxygens (including phenoxy) is 1. The van der Waals surface area contributed by atoms with E-state index in [2.05, 4.69) is 10.8 Å². The molecule has 0 aromatic heterocycles. The number of benzene rings is 2. The number of alkyl carbamates (subject to hydrolysis) is 1. The Morgan fingerprint density at radius 1 is 0.938 bits per heavy atom. The average molecular weight is 442 g/mol. The van der Waals surface area contributed by atoms with E-state index >= 15 is 0 Å². The van der Waals surface area contributed by atoms with Crippen molar-refractivity contribution in [2.24, 2.45) is 5.73 Å². The summed E-state index contributed by atoms with van der Waals surface area (Å²) in [6.45, 7) is 6.22. The zero-order valence-electron chi connectivity index (χ0n) is 19.2. The average Bonchev–Trinajstić information content (AvgIpc) is 2.76. The molecule has 1 unspecified atom stereocenters. The first-order valence-corrected chi connectivity index (χ1v) is 11.0. The Balaban J connectivity index is 1.81. The zero-order valence-corrected chi connectivity index (χ0v) is 19.2. The van der Waals surface area contributed by atoms with Gasteiger partial charge in [0.25, 0.3) is 5.91 Å². The second-order valence-corrected chi connectivity index (χ2v) is 8.66. The molecule has 0 radical (unpaired) electrons. The molecule has 7 nitrogen and oxygen atoms in total. The van der Waals surface area contributed by atoms with Crippen molar-refractivity contribution < 1.29 is 19.2 Å². The molecule has 0 aliphatic rings. The Bertz CT molecular complexity index is 833. The van der Waals surface area contributed by atoms with Gasteiger partial charge in [-0.15, -0.1) is 0 Å². The summed E-state index contributed by atoms with van der Waals surface area (Å²) in [5, 5.41) is 2.66. The lowest BCUT2D eigenvalue weighted by molar-refractivity contribution is -0.136. The van der Waals surface area contributed by atoms with Crippen LogP contribution < -0.4 is 16.5 Å². The molecule has 2 rings (SSSR count). The molecule has 0 heterocycles. The van der Waals surface area contributed by atoms with Crippen LogP contribution in [0.5, 0.6) is 0 Å². The predicted molar refractivity (Wildman–Crippen MR) is 125 cm³/mol. The summed E-state index contributed by atoms with van der Waals surface area (Å²) in [6, 6.07) is 17.1. The molecule has 32 heavy (non-hydrogen) atoms. The van der Waals surface area contributed by atoms with E-state index in [4.69, 9.17) is 15.3 Å². The van der Waals surface area contributed by atoms with E-state index in [0.717, 1.165) is 24.0 Å². The van der Waals surface area contributed by atoms with Gasteiger partial charge in [-0.05, 0) is 63.1 Å². The van der Waals surface area contributed by atoms with Crippen LogP contribution in [0.4, 0.5) is 4.79 Å². The van der Waals surface area contributed by atoms with Crippen LogP contribution in [0, 0.1) is 0 Å². The minimum Gasteiger partial charge on any atom is -0.444 e. The van der Waals surface area contributed by atoms with Crippen molar-refractivity contribution in [1.82, 2.24) is 10.8 Å². The highest BCUT2D eigenvalue weighted by atomic mass is 16.7. The highest BCUT2D eigenvalue weighted by molar-refractivity contribution is 5.84. The summed E-state index contributed by atoms with van der Waals surface area (Å²) >= 11 is 0. The molecule has 2 aromatic carbocycles. The fourth-order valence-electron chi connectivity index (χ4n) is 3.06. The van der Waals surface area contributed by atoms with E-state index in [9.17, 15) is 9.59 Å². The Morgan fingerprint density at radius 2 is 1.56 bits per heavy atom. The van der Waals surface area contributed by atoms with Crippen LogP contribution in [-0.2, 0) is 33.8 Å². The first-order chi connectivity index (χ1) is 15.3. The van der Waals surface area contributed by atoms with Crippen LogP contribution in [0.15, 0.2) is 54.6 Å². The van der Waals surface area contributed by atoms with Gasteiger partial charge in [-0.3, -0.25) is 9.63 Å². The van der Waals surface area contributed by atoms with Crippen LogP contribution >= 0.6 is 0 Å². The molecule has 0 aliphatic carbocycles. The maximum Gasteiger partial charge on any atom is 0.408 e. The first-order valence-electron chi connectivity index (χ1n) is 11.0. The van der Waals surface area contributed by atoms with E-state index in [0.29, 0.717) is 26.0 Å². The maximum atomic E-state index is 12.7. The second kappa shape index (κ2) is 12.8. The number of nitrogens with one attached hydrogen (secondary N) is 2. The van der Waals surface area contributed by atoms with Gasteiger partial charge in [-0.1, -0.05) is 54.6 Å². The lowest BCUT2D eigenvalue weighted by Gasteiger charge is -2.23. The predicted octanol–water partition coefficient (Wildman–Crippen LogP) is 3.65. The van der Waals surface area contributed by atoms with Gasteiger partial charge in [-0.25, -0.2) is 10.3 Å². The highest BCUT2D eigenvalue weighted by Crippen LogP contribution is 2.10. The summed E-state index contributed by atoms with van der Waals surface area (Å²) in [7, 11) is 0. The van der Waals surface area contributed by atoms with Crippen LogP contribution in [-0.4, -0.2) is 30.3 Å². The molecule has 0 bridgehead atoms. The summed E-state index contributed by atoms with van der Waals surface area (Å²) < 4.78 is 5.30. The van der Waals surface area contributed by atoms with Gasteiger partial charge >= 0.3 is 6.09 Å². The zero-order chi connectivity index (χ0) is 23.4. The van der Waals surface area contributed by atoms with E-state index in [-0.39, 0.29) is 0 Å². The third-order valence-corrected chi connectivity index (χ3v) is 4.72. The Morgan fingerprint density at radius 3 is 2.19 bits per heavy atom. The van der Waals surface area contributed by atoms with Crippen molar-refractivity contribution >= 4 is 12.0 Å². The lowest BCUT2D eigenvalue weighted by Crippen LogP contribution is -2.48. The number of carbonyl (C=O) groups excluding carboxylic acids is 2. The molecule has 4 N–H and O–H groups in total. The number of aryl methyl sites for hydroxylation is 2. The Labute approximate surface area is 190 Å². The molecule has 0 fully saturated rings. The Kier molecular flexibility index (Phi) is 10.2. The van der Waals surface area contributed by atoms with Crippen molar-refractivity contribution in [2.45, 2.75) is 64.6 Å². The van der Waals surface area contributed by atoms with Crippen LogP contribution in [0.2, 0.25) is 0 Å². The molecule has 174 valence electrons. The molecule has 2 aromatic rings. The molecule has 0 saturated carbocycles. The number of amides is 2. The van der Waals surface area contributed by atoms with Crippen molar-refractivity contribution in [3.05, 3.63) is 71.3 Å². The fourth-order valence-corrected chi connectivity index (χ4v) is 3.06. The minimum absolute atomic E-state index is 0.363. The van der Waals surface area contributed by atoms with Crippen molar-refractivity contribution in [1.29, 1.82) is 0 Å². The monoisotopic (exact) mass is 441 g/mol. The highest BCUT2D eigenvalue weighted by Gasteiger charge is 2.24. The minimum atomic E-state index is -0.770. The lowest BCUT2D eigenvalue weighted by atomic mass is 10.1. The molecule has 2 amide bonds. The van der Waals surface area contributed by atoms with Gasteiger partial charge < -0.3 is 15.8 Å². The van der Waals surface area contributed by atoms with E-state index in [1.54, 1.807) is 20.8 Å². The number of rotatable bonds is 11. The van der Waals surface area contributed by atoms with Crippen LogP contribution in [0.1, 0.15) is 50.3 Å². The summed E-state index contributed by atoms with van der Waals surface area (Å²) in [4.78, 5) is 30.2. The van der Waals surface area contributed by atoms with Crippen molar-refractivity contribution in [3.63, 3.8) is 0 Å². The summed E-state index contributed by atoms with van der Waals surface area (Å²) in [6.07, 6.45) is 2.00. The molecular weight excluding hydrogens is 406 g/mol. The van der Waals surface area contributed by atoms with E-state index in [1.165, 1.54) is 5.56 Å². The topological polar surface area (TPSA) is 103 Å². The van der Waals surface area contributed by atoms with Gasteiger partial charge in [0, 0.05) is 6.54 Å². The molecule has 7 heteroatoms. The van der Waals surface area contributed by atoms with E-state index in [1.807, 2.05) is 54.6 Å². The van der Waals surface area contributed by atoms with Crippen molar-refractivity contribution in [3.8, 4) is 0 Å². The van der Waals surface area contributed by atoms with Crippen LogP contribution in [0.3, 0.4) is 0 Å². The summed E-state index contributed by atoms with van der Waals surface area (Å²) in [5.74, 6) is -0.404. The van der Waals surface area contributed by atoms with Gasteiger partial charge in [-0.2, -0.15) is 0 Å². The molecular formula is C25H35N3O4. The number of hydrogen-bond acceptors (Lipinski definition) is 5. The third kappa shape index (κ3) is 9.94. The van der Waals surface area contributed by atoms with Gasteiger partial charge in [0.15, 0.2) is 0 Å². The largest absolute Gasteiger partial charge is 0.444 e. The van der Waals surface area contributed by atoms with Gasteiger partial charge in [0.1, 0.15) is 11.6 Å². The fraction of sp³-hybridized carbons (Fsp3) is 0.440. The molecule has 0 aliphatic heterocycles. The van der Waals surface area contributed by atoms with Gasteiger partial charge in [0.05, 0.1) is 6.61 Å². The second-order valence-electron chi connectivity index (χ2n) is 8.66. The SMILES string of the molecule is CC(C)(C)OC(=O)NC(CCc1ccccc1)C(=O)NOCCCc1ccc(CN)cc1. The number of hydroxylamine groups is 1. The molecule has 0 saturated heterocycles. The summed E-state index contributed by atoms with van der Waals surface area (Å²) in [5.41, 5.74) is 10.8. The third-order valence-electron chi connectivity index (χ3n) is 4.72. The standard InChI is InChI=1S/C25H35N3O4/c1-25(2,3)32-24(30)27-22(16-15-19-8-5-4-6-9-19)23(29)28-31-17-7-10-20-11-13-21(18-26)14-12-20/h4-6,8-9,11-14,22H,7,10,15-18,26H2,1-3H3,(H,27,30)(H,28,29). The number of hydrogen-bond donors (Lipinski definition) is 3. The molecule has 0 spiro atoms. The normalized spacial score (nSPS) is 12.1.